The zero-order valence-electron chi connectivity index (χ0n) is 10.8. The number of rotatable bonds is 8. The lowest BCUT2D eigenvalue weighted by Crippen LogP contribution is -2.31. The lowest BCUT2D eigenvalue weighted by molar-refractivity contribution is 0.216. The third-order valence-electron chi connectivity index (χ3n) is 3.08. The van der Waals surface area contributed by atoms with Gasteiger partial charge >= 0.3 is 0 Å². The SMILES string of the molecule is CCCC(C)CC(C)(CCC)CNC. The summed E-state index contributed by atoms with van der Waals surface area (Å²) in [7, 11) is 2.07. The Kier molecular flexibility index (Phi) is 7.26. The van der Waals surface area contributed by atoms with E-state index in [1.165, 1.54) is 32.1 Å². The van der Waals surface area contributed by atoms with Crippen LogP contribution in [0.3, 0.4) is 0 Å². The van der Waals surface area contributed by atoms with Crippen molar-refractivity contribution in [3.63, 3.8) is 0 Å². The van der Waals surface area contributed by atoms with Gasteiger partial charge in [-0.15, -0.1) is 0 Å². The lowest BCUT2D eigenvalue weighted by atomic mass is 9.77. The molecule has 0 aliphatic carbocycles. The van der Waals surface area contributed by atoms with Gasteiger partial charge in [0.05, 0.1) is 0 Å². The molecule has 0 amide bonds. The molecule has 0 spiro atoms. The fraction of sp³-hybridized carbons (Fsp3) is 1.00. The van der Waals surface area contributed by atoms with Crippen LogP contribution >= 0.6 is 0 Å². The summed E-state index contributed by atoms with van der Waals surface area (Å²) < 4.78 is 0. The Morgan fingerprint density at radius 3 is 2.29 bits per heavy atom. The molecule has 0 saturated carbocycles. The first kappa shape index (κ1) is 14.0. The van der Waals surface area contributed by atoms with Gasteiger partial charge in [-0.2, -0.15) is 0 Å². The summed E-state index contributed by atoms with van der Waals surface area (Å²) in [5.74, 6) is 0.880. The van der Waals surface area contributed by atoms with Gasteiger partial charge in [0.2, 0.25) is 0 Å². The van der Waals surface area contributed by atoms with Gasteiger partial charge in [0.1, 0.15) is 0 Å². The molecule has 0 fully saturated rings. The Morgan fingerprint density at radius 2 is 1.86 bits per heavy atom. The molecule has 0 aromatic carbocycles. The normalized spacial score (nSPS) is 17.8. The Balaban J connectivity index is 4.05. The molecule has 14 heavy (non-hydrogen) atoms. The van der Waals surface area contributed by atoms with Crippen molar-refractivity contribution < 1.29 is 0 Å². The summed E-state index contributed by atoms with van der Waals surface area (Å²) in [6.45, 7) is 10.6. The number of hydrogen-bond acceptors (Lipinski definition) is 1. The summed E-state index contributed by atoms with van der Waals surface area (Å²) in [5.41, 5.74) is 0.512. The van der Waals surface area contributed by atoms with Crippen molar-refractivity contribution in [3.05, 3.63) is 0 Å². The topological polar surface area (TPSA) is 12.0 Å². The minimum absolute atomic E-state index is 0.512. The Morgan fingerprint density at radius 1 is 1.21 bits per heavy atom. The molecule has 1 nitrogen and oxygen atoms in total. The number of nitrogens with one attached hydrogen (secondary N) is 1. The van der Waals surface area contributed by atoms with E-state index < -0.39 is 0 Å². The molecule has 0 heterocycles. The van der Waals surface area contributed by atoms with Crippen LogP contribution in [0.5, 0.6) is 0 Å². The quantitative estimate of drug-likeness (QED) is 0.626. The van der Waals surface area contributed by atoms with Crippen LogP contribution in [0.2, 0.25) is 0 Å². The highest BCUT2D eigenvalue weighted by Gasteiger charge is 2.24. The van der Waals surface area contributed by atoms with Crippen LogP contribution in [-0.2, 0) is 0 Å². The molecule has 0 rings (SSSR count). The maximum absolute atomic E-state index is 3.34. The number of hydrogen-bond donors (Lipinski definition) is 1. The van der Waals surface area contributed by atoms with E-state index >= 15 is 0 Å². The molecule has 0 aliphatic rings. The Hall–Kier alpha value is -0.0400. The van der Waals surface area contributed by atoms with E-state index in [9.17, 15) is 0 Å². The van der Waals surface area contributed by atoms with Crippen LogP contribution < -0.4 is 5.32 Å². The standard InChI is InChI=1S/C13H29N/c1-6-8-12(3)10-13(4,9-7-2)11-14-5/h12,14H,6-11H2,1-5H3. The van der Waals surface area contributed by atoms with Crippen LogP contribution in [0.15, 0.2) is 0 Å². The van der Waals surface area contributed by atoms with E-state index in [0.29, 0.717) is 5.41 Å². The summed E-state index contributed by atoms with van der Waals surface area (Å²) in [5, 5.41) is 3.34. The van der Waals surface area contributed by atoms with Crippen LogP contribution in [-0.4, -0.2) is 13.6 Å². The van der Waals surface area contributed by atoms with Crippen molar-refractivity contribution >= 4 is 0 Å². The van der Waals surface area contributed by atoms with Crippen LogP contribution in [0, 0.1) is 11.3 Å². The zero-order chi connectivity index (χ0) is 11.0. The second kappa shape index (κ2) is 7.28. The van der Waals surface area contributed by atoms with Crippen molar-refractivity contribution in [3.8, 4) is 0 Å². The van der Waals surface area contributed by atoms with Crippen molar-refractivity contribution in [2.24, 2.45) is 11.3 Å². The summed E-state index contributed by atoms with van der Waals surface area (Å²) in [4.78, 5) is 0. The Bertz CT molecular complexity index is 125. The molecule has 0 aromatic rings. The fourth-order valence-corrected chi connectivity index (χ4v) is 2.73. The molecular weight excluding hydrogens is 170 g/mol. The van der Waals surface area contributed by atoms with Gasteiger partial charge in [-0.05, 0) is 31.2 Å². The monoisotopic (exact) mass is 199 g/mol. The highest BCUT2D eigenvalue weighted by Crippen LogP contribution is 2.32. The minimum Gasteiger partial charge on any atom is -0.319 e. The van der Waals surface area contributed by atoms with Gasteiger partial charge in [-0.3, -0.25) is 0 Å². The van der Waals surface area contributed by atoms with Crippen LogP contribution in [0.25, 0.3) is 0 Å². The van der Waals surface area contributed by atoms with Gasteiger partial charge in [0.15, 0.2) is 0 Å². The molecule has 1 N–H and O–H groups in total. The van der Waals surface area contributed by atoms with E-state index in [4.69, 9.17) is 0 Å². The van der Waals surface area contributed by atoms with Crippen molar-refractivity contribution in [2.45, 2.75) is 59.8 Å². The van der Waals surface area contributed by atoms with Gasteiger partial charge < -0.3 is 5.32 Å². The largest absolute Gasteiger partial charge is 0.319 e. The first-order valence-electron chi connectivity index (χ1n) is 6.22. The average Bonchev–Trinajstić information content (AvgIpc) is 2.04. The lowest BCUT2D eigenvalue weighted by Gasteiger charge is -2.32. The van der Waals surface area contributed by atoms with Crippen LogP contribution in [0.4, 0.5) is 0 Å². The fourth-order valence-electron chi connectivity index (χ4n) is 2.73. The Labute approximate surface area is 90.7 Å². The molecule has 1 heteroatoms. The molecule has 0 bridgehead atoms. The third-order valence-corrected chi connectivity index (χ3v) is 3.08. The summed E-state index contributed by atoms with van der Waals surface area (Å²) >= 11 is 0. The van der Waals surface area contributed by atoms with Gasteiger partial charge in [-0.25, -0.2) is 0 Å². The second-order valence-electron chi connectivity index (χ2n) is 5.19. The van der Waals surface area contributed by atoms with Crippen molar-refractivity contribution in [1.82, 2.24) is 5.32 Å². The smallest absolute Gasteiger partial charge is 0.000225 e. The molecule has 2 atom stereocenters. The van der Waals surface area contributed by atoms with Crippen molar-refractivity contribution in [2.75, 3.05) is 13.6 Å². The maximum atomic E-state index is 3.34. The average molecular weight is 199 g/mol. The predicted octanol–water partition coefficient (Wildman–Crippen LogP) is 3.84. The first-order chi connectivity index (χ1) is 6.58. The van der Waals surface area contributed by atoms with E-state index in [1.807, 2.05) is 0 Å². The highest BCUT2D eigenvalue weighted by molar-refractivity contribution is 4.78. The van der Waals surface area contributed by atoms with Gasteiger partial charge in [-0.1, -0.05) is 47.0 Å². The molecule has 0 radical (unpaired) electrons. The van der Waals surface area contributed by atoms with E-state index in [0.717, 1.165) is 12.5 Å². The van der Waals surface area contributed by atoms with Crippen LogP contribution in [0.1, 0.15) is 59.8 Å². The minimum atomic E-state index is 0.512. The molecular formula is C13H29N. The first-order valence-corrected chi connectivity index (χ1v) is 6.22. The van der Waals surface area contributed by atoms with Crippen molar-refractivity contribution in [1.29, 1.82) is 0 Å². The molecule has 0 saturated heterocycles. The van der Waals surface area contributed by atoms with Gasteiger partial charge in [0, 0.05) is 6.54 Å². The van der Waals surface area contributed by atoms with E-state index in [-0.39, 0.29) is 0 Å². The maximum Gasteiger partial charge on any atom is 0.000225 e. The van der Waals surface area contributed by atoms with Gasteiger partial charge in [0.25, 0.3) is 0 Å². The summed E-state index contributed by atoms with van der Waals surface area (Å²) in [6.07, 6.45) is 6.72. The zero-order valence-corrected chi connectivity index (χ0v) is 10.8. The second-order valence-corrected chi connectivity index (χ2v) is 5.19. The molecule has 0 aliphatic heterocycles. The molecule has 2 unspecified atom stereocenters. The molecule has 0 aromatic heterocycles. The molecule has 86 valence electrons. The van der Waals surface area contributed by atoms with E-state index in [1.54, 1.807) is 0 Å². The third kappa shape index (κ3) is 5.64. The predicted molar refractivity (Wildman–Crippen MR) is 65.6 cm³/mol. The summed E-state index contributed by atoms with van der Waals surface area (Å²) in [6, 6.07) is 0. The highest BCUT2D eigenvalue weighted by atomic mass is 14.8. The van der Waals surface area contributed by atoms with E-state index in [2.05, 4.69) is 40.1 Å².